The fraction of sp³-hybridized carbons (Fsp3) is 0.0769. The number of nitrogens with one attached hydrogen (secondary N) is 1. The molecule has 266 valence electrons. The van der Waals surface area contributed by atoms with E-state index in [4.69, 9.17) is 9.98 Å². The summed E-state index contributed by atoms with van der Waals surface area (Å²) in [7, 11) is 0. The third-order valence-electron chi connectivity index (χ3n) is 11.8. The number of nitrogens with zero attached hydrogens (tertiary/aromatic N) is 3. The molecule has 2 heterocycles. The maximum Gasteiger partial charge on any atom is 0.159 e. The molecule has 4 nitrogen and oxygen atoms in total. The molecular formula is C52H38N4. The van der Waals surface area contributed by atoms with Gasteiger partial charge in [-0.3, -0.25) is 0 Å². The minimum atomic E-state index is -0.295. The van der Waals surface area contributed by atoms with Crippen LogP contribution >= 0.6 is 0 Å². The van der Waals surface area contributed by atoms with Crippen molar-refractivity contribution in [2.75, 3.05) is 0 Å². The number of benzene rings is 8. The van der Waals surface area contributed by atoms with Gasteiger partial charge < -0.3 is 9.88 Å². The summed E-state index contributed by atoms with van der Waals surface area (Å²) >= 11 is 0. The number of aromatic nitrogens is 1. The molecule has 4 heteroatoms. The number of para-hydroxylation sites is 1. The highest BCUT2D eigenvalue weighted by molar-refractivity contribution is 6.18. The smallest absolute Gasteiger partial charge is 0.159 e. The second kappa shape index (κ2) is 12.5. The Morgan fingerprint density at radius 1 is 0.518 bits per heavy atom. The summed E-state index contributed by atoms with van der Waals surface area (Å²) in [4.78, 5) is 10.6. The normalized spacial score (nSPS) is 15.6. The molecule has 1 unspecified atom stereocenters. The highest BCUT2D eigenvalue weighted by Gasteiger charge is 2.37. The molecule has 1 aliphatic carbocycles. The summed E-state index contributed by atoms with van der Waals surface area (Å²) in [5, 5.41) is 8.54. The lowest BCUT2D eigenvalue weighted by Gasteiger charge is -2.25. The van der Waals surface area contributed by atoms with E-state index >= 15 is 0 Å². The molecule has 0 saturated heterocycles. The summed E-state index contributed by atoms with van der Waals surface area (Å²) < 4.78 is 2.41. The second-order valence-electron chi connectivity index (χ2n) is 15.5. The molecule has 0 fully saturated rings. The Hall–Kier alpha value is -7.04. The van der Waals surface area contributed by atoms with Crippen LogP contribution in [0.4, 0.5) is 0 Å². The molecule has 1 aliphatic heterocycles. The molecule has 0 spiro atoms. The van der Waals surface area contributed by atoms with Gasteiger partial charge in [-0.1, -0.05) is 159 Å². The first kappa shape index (κ1) is 32.4. The zero-order chi connectivity index (χ0) is 37.4. The van der Waals surface area contributed by atoms with Crippen LogP contribution in [0.5, 0.6) is 0 Å². The molecule has 2 aliphatic rings. The van der Waals surface area contributed by atoms with E-state index in [-0.39, 0.29) is 11.6 Å². The third-order valence-corrected chi connectivity index (χ3v) is 11.8. The van der Waals surface area contributed by atoms with Gasteiger partial charge in [0.15, 0.2) is 5.84 Å². The number of fused-ring (bicyclic) bond motifs is 7. The summed E-state index contributed by atoms with van der Waals surface area (Å²) in [6.45, 7) is 4.64. The lowest BCUT2D eigenvalue weighted by molar-refractivity contribution is 0.659. The molecule has 0 amide bonds. The van der Waals surface area contributed by atoms with E-state index in [0.29, 0.717) is 5.84 Å². The maximum atomic E-state index is 5.35. The lowest BCUT2D eigenvalue weighted by Crippen LogP contribution is -2.34. The number of hydrogen-bond donors (Lipinski definition) is 1. The third kappa shape index (κ3) is 5.06. The molecular weight excluding hydrogens is 681 g/mol. The van der Waals surface area contributed by atoms with Crippen LogP contribution in [0, 0.1) is 0 Å². The van der Waals surface area contributed by atoms with E-state index in [0.717, 1.165) is 33.6 Å². The minimum absolute atomic E-state index is 0.109. The highest BCUT2D eigenvalue weighted by Crippen LogP contribution is 2.50. The van der Waals surface area contributed by atoms with Crippen LogP contribution in [0.1, 0.15) is 47.8 Å². The molecule has 56 heavy (non-hydrogen) atoms. The quantitative estimate of drug-likeness (QED) is 0.189. The molecule has 0 bridgehead atoms. The van der Waals surface area contributed by atoms with Gasteiger partial charge in [-0.25, -0.2) is 9.98 Å². The first-order valence-corrected chi connectivity index (χ1v) is 19.4. The van der Waals surface area contributed by atoms with Crippen LogP contribution in [0.15, 0.2) is 192 Å². The van der Waals surface area contributed by atoms with E-state index in [1.807, 2.05) is 0 Å². The summed E-state index contributed by atoms with van der Waals surface area (Å²) in [5.41, 5.74) is 14.1. The van der Waals surface area contributed by atoms with Gasteiger partial charge in [0, 0.05) is 33.0 Å². The standard InChI is InChI=1S/C52H38N4/c1-52(2)44-24-11-9-22-41(44)48-42(23-14-25-45(48)52)51-54-49(34-17-7-4-8-18-34)53-50(55-51)37-28-27-36-31-43-40-21-10-12-26-46(40)56(47(43)32-38(36)29-37)39-20-13-19-35(30-39)33-15-5-3-6-16-33/h3-32,49H,1-2H3,(H,53,54,55). The Morgan fingerprint density at radius 2 is 1.23 bits per heavy atom. The van der Waals surface area contributed by atoms with Crippen molar-refractivity contribution >= 4 is 44.2 Å². The van der Waals surface area contributed by atoms with Crippen LogP contribution in [0.2, 0.25) is 0 Å². The lowest BCUT2D eigenvalue weighted by atomic mass is 9.82. The molecule has 1 aromatic heterocycles. The van der Waals surface area contributed by atoms with Gasteiger partial charge in [-0.15, -0.1) is 0 Å². The van der Waals surface area contributed by atoms with E-state index < -0.39 is 0 Å². The zero-order valence-corrected chi connectivity index (χ0v) is 31.2. The first-order chi connectivity index (χ1) is 27.5. The number of hydrogen-bond acceptors (Lipinski definition) is 3. The van der Waals surface area contributed by atoms with Crippen molar-refractivity contribution in [1.29, 1.82) is 0 Å². The predicted molar refractivity (Wildman–Crippen MR) is 233 cm³/mol. The molecule has 9 aromatic rings. The van der Waals surface area contributed by atoms with Crippen molar-refractivity contribution in [2.45, 2.75) is 25.4 Å². The van der Waals surface area contributed by atoms with E-state index in [1.165, 1.54) is 60.6 Å². The van der Waals surface area contributed by atoms with E-state index in [9.17, 15) is 0 Å². The maximum absolute atomic E-state index is 5.35. The molecule has 1 atom stereocenters. The SMILES string of the molecule is CC1(C)c2ccccc2-c2c(C3=NC(c4ccc5cc6c7ccccc7n(-c7cccc(-c8ccccc8)c7)c6cc5c4)=NC(c4ccccc4)N3)cccc21. The molecule has 11 rings (SSSR count). The number of amidine groups is 2. The predicted octanol–water partition coefficient (Wildman–Crippen LogP) is 12.4. The Balaban J connectivity index is 1.08. The van der Waals surface area contributed by atoms with Gasteiger partial charge >= 0.3 is 0 Å². The van der Waals surface area contributed by atoms with Gasteiger partial charge in [-0.05, 0) is 86.1 Å². The van der Waals surface area contributed by atoms with Gasteiger partial charge in [0.25, 0.3) is 0 Å². The molecule has 8 aromatic carbocycles. The average Bonchev–Trinajstić information content (AvgIpc) is 3.70. The van der Waals surface area contributed by atoms with Crippen molar-refractivity contribution in [3.05, 3.63) is 210 Å². The number of aliphatic imine (C=N–C) groups is 2. The topological polar surface area (TPSA) is 41.7 Å². The van der Waals surface area contributed by atoms with Gasteiger partial charge in [0.05, 0.1) is 11.0 Å². The van der Waals surface area contributed by atoms with Gasteiger partial charge in [0.1, 0.15) is 12.0 Å². The van der Waals surface area contributed by atoms with Crippen molar-refractivity contribution in [3.63, 3.8) is 0 Å². The van der Waals surface area contributed by atoms with Crippen molar-refractivity contribution in [1.82, 2.24) is 9.88 Å². The molecule has 1 N–H and O–H groups in total. The van der Waals surface area contributed by atoms with Crippen LogP contribution in [-0.4, -0.2) is 16.2 Å². The minimum Gasteiger partial charge on any atom is -0.344 e. The van der Waals surface area contributed by atoms with Crippen molar-refractivity contribution in [3.8, 4) is 27.9 Å². The van der Waals surface area contributed by atoms with Crippen molar-refractivity contribution < 1.29 is 0 Å². The average molecular weight is 719 g/mol. The fourth-order valence-corrected chi connectivity index (χ4v) is 9.06. The monoisotopic (exact) mass is 718 g/mol. The second-order valence-corrected chi connectivity index (χ2v) is 15.5. The van der Waals surface area contributed by atoms with E-state index in [1.54, 1.807) is 0 Å². The van der Waals surface area contributed by atoms with Crippen LogP contribution in [0.3, 0.4) is 0 Å². The largest absolute Gasteiger partial charge is 0.344 e. The van der Waals surface area contributed by atoms with Crippen LogP contribution < -0.4 is 5.32 Å². The van der Waals surface area contributed by atoms with Crippen LogP contribution in [0.25, 0.3) is 60.5 Å². The number of rotatable bonds is 5. The molecule has 0 radical (unpaired) electrons. The summed E-state index contributed by atoms with van der Waals surface area (Å²) in [6, 6.07) is 65.5. The summed E-state index contributed by atoms with van der Waals surface area (Å²) in [6.07, 6.45) is -0.295. The van der Waals surface area contributed by atoms with Gasteiger partial charge in [0.2, 0.25) is 0 Å². The molecule has 0 saturated carbocycles. The van der Waals surface area contributed by atoms with E-state index in [2.05, 4.69) is 206 Å². The van der Waals surface area contributed by atoms with Crippen LogP contribution in [-0.2, 0) is 5.41 Å². The highest BCUT2D eigenvalue weighted by atomic mass is 15.2. The van der Waals surface area contributed by atoms with Gasteiger partial charge in [-0.2, -0.15) is 0 Å². The Kier molecular flexibility index (Phi) is 7.23. The summed E-state index contributed by atoms with van der Waals surface area (Å²) in [5.74, 6) is 1.55. The van der Waals surface area contributed by atoms with Crippen molar-refractivity contribution in [2.24, 2.45) is 9.98 Å². The Bertz CT molecular complexity index is 3080. The fourth-order valence-electron chi connectivity index (χ4n) is 9.06. The zero-order valence-electron chi connectivity index (χ0n) is 31.2. The Labute approximate surface area is 326 Å². The Morgan fingerprint density at radius 3 is 2.11 bits per heavy atom. The first-order valence-electron chi connectivity index (χ1n) is 19.4.